The molecule has 2 amide bonds. The van der Waals surface area contributed by atoms with Crippen LogP contribution in [-0.4, -0.2) is 21.6 Å². The highest BCUT2D eigenvalue weighted by Gasteiger charge is 2.15. The summed E-state index contributed by atoms with van der Waals surface area (Å²) in [5.74, 6) is -0.150. The minimum Gasteiger partial charge on any atom is -0.370 e. The molecule has 0 bridgehead atoms. The normalized spacial score (nSPS) is 10.5. The fraction of sp³-hybridized carbons (Fsp3) is 0.118. The molecule has 3 rings (SSSR count). The molecule has 2 heterocycles. The Labute approximate surface area is 142 Å². The molecule has 1 aromatic carbocycles. The van der Waals surface area contributed by atoms with Crippen molar-refractivity contribution >= 4 is 29.0 Å². The fourth-order valence-corrected chi connectivity index (χ4v) is 3.09. The van der Waals surface area contributed by atoms with Gasteiger partial charge in [0.05, 0.1) is 0 Å². The Morgan fingerprint density at radius 1 is 1.17 bits per heavy atom. The van der Waals surface area contributed by atoms with E-state index < -0.39 is 0 Å². The topological polar surface area (TPSA) is 90.0 Å². The van der Waals surface area contributed by atoms with Crippen LogP contribution in [0.25, 0.3) is 11.1 Å². The first-order valence-electron chi connectivity index (χ1n) is 7.39. The van der Waals surface area contributed by atoms with Crippen molar-refractivity contribution in [2.75, 3.05) is 5.32 Å². The number of benzene rings is 1. The van der Waals surface area contributed by atoms with Crippen molar-refractivity contribution in [3.05, 3.63) is 58.9 Å². The van der Waals surface area contributed by atoms with Crippen molar-refractivity contribution in [3.63, 3.8) is 0 Å². The third-order valence-corrected chi connectivity index (χ3v) is 4.34. The highest BCUT2D eigenvalue weighted by Crippen LogP contribution is 2.28. The van der Waals surface area contributed by atoms with Gasteiger partial charge in [0.2, 0.25) is 5.91 Å². The summed E-state index contributed by atoms with van der Waals surface area (Å²) in [4.78, 5) is 24.0. The van der Waals surface area contributed by atoms with Crippen LogP contribution in [0.1, 0.15) is 16.1 Å². The fourth-order valence-electron chi connectivity index (χ4n) is 2.28. The van der Waals surface area contributed by atoms with E-state index in [-0.39, 0.29) is 18.2 Å². The number of hydrogen-bond acceptors (Lipinski definition) is 4. The van der Waals surface area contributed by atoms with Crippen molar-refractivity contribution in [2.45, 2.75) is 13.0 Å². The second kappa shape index (κ2) is 7.10. The average Bonchev–Trinajstić information content (AvgIpc) is 3.23. The molecular weight excluding hydrogens is 324 g/mol. The van der Waals surface area contributed by atoms with E-state index in [1.165, 1.54) is 11.3 Å². The van der Waals surface area contributed by atoms with Gasteiger partial charge in [-0.3, -0.25) is 14.3 Å². The molecule has 0 aliphatic rings. The van der Waals surface area contributed by atoms with Gasteiger partial charge in [-0.2, -0.15) is 5.10 Å². The Hall–Kier alpha value is -2.93. The van der Waals surface area contributed by atoms with E-state index in [0.29, 0.717) is 17.2 Å². The minimum atomic E-state index is -0.387. The van der Waals surface area contributed by atoms with Crippen LogP contribution in [0.3, 0.4) is 0 Å². The molecule has 122 valence electrons. The van der Waals surface area contributed by atoms with Gasteiger partial charge >= 0.3 is 0 Å². The molecule has 24 heavy (non-hydrogen) atoms. The molecule has 0 fully saturated rings. The van der Waals surface area contributed by atoms with Crippen LogP contribution in [0.2, 0.25) is 0 Å². The molecule has 0 aliphatic heterocycles. The lowest BCUT2D eigenvalue weighted by molar-refractivity contribution is -0.118. The highest BCUT2D eigenvalue weighted by molar-refractivity contribution is 7.12. The van der Waals surface area contributed by atoms with E-state index in [9.17, 15) is 9.59 Å². The summed E-state index contributed by atoms with van der Waals surface area (Å²) >= 11 is 1.38. The number of anilines is 1. The third-order valence-electron chi connectivity index (χ3n) is 3.43. The molecule has 6 nitrogen and oxygen atoms in total. The van der Waals surface area contributed by atoms with Gasteiger partial charge in [0.15, 0.2) is 5.82 Å². The molecule has 0 spiro atoms. The molecule has 3 N–H and O–H groups in total. The van der Waals surface area contributed by atoms with E-state index in [1.807, 2.05) is 41.8 Å². The number of amides is 2. The van der Waals surface area contributed by atoms with Crippen LogP contribution in [0, 0.1) is 0 Å². The molecule has 0 saturated heterocycles. The smallest absolute Gasteiger partial charge is 0.267 e. The second-order valence-electron chi connectivity index (χ2n) is 5.16. The van der Waals surface area contributed by atoms with Gasteiger partial charge in [-0.1, -0.05) is 30.3 Å². The summed E-state index contributed by atoms with van der Waals surface area (Å²) in [6.45, 7) is 0.388. The summed E-state index contributed by atoms with van der Waals surface area (Å²) < 4.78 is 1.58. The number of aromatic nitrogens is 2. The number of hydrogen-bond donors (Lipinski definition) is 2. The zero-order valence-corrected chi connectivity index (χ0v) is 13.6. The second-order valence-corrected chi connectivity index (χ2v) is 6.08. The summed E-state index contributed by atoms with van der Waals surface area (Å²) in [6.07, 6.45) is 1.91. The lowest BCUT2D eigenvalue weighted by Gasteiger charge is -2.04. The Kier molecular flexibility index (Phi) is 4.72. The standard InChI is InChI=1S/C17H16N4O2S/c18-14(22)6-9-21-10-7-15(20-21)19-17(23)16-13(8-11-24-16)12-4-2-1-3-5-12/h1-5,7-8,10-11H,6,9H2,(H2,18,22)(H,19,20,23). The number of nitrogens with two attached hydrogens (primary N) is 1. The zero-order chi connectivity index (χ0) is 16.9. The molecule has 3 aromatic rings. The van der Waals surface area contributed by atoms with E-state index in [4.69, 9.17) is 5.73 Å². The predicted octanol–water partition coefficient (Wildman–Crippen LogP) is 2.74. The number of carbonyl (C=O) groups is 2. The van der Waals surface area contributed by atoms with Gasteiger partial charge in [0.1, 0.15) is 4.88 Å². The van der Waals surface area contributed by atoms with Crippen molar-refractivity contribution < 1.29 is 9.59 Å². The maximum Gasteiger partial charge on any atom is 0.267 e. The zero-order valence-electron chi connectivity index (χ0n) is 12.8. The predicted molar refractivity (Wildman–Crippen MR) is 93.7 cm³/mol. The largest absolute Gasteiger partial charge is 0.370 e. The summed E-state index contributed by atoms with van der Waals surface area (Å²) in [6, 6.07) is 13.4. The highest BCUT2D eigenvalue weighted by atomic mass is 32.1. The molecular formula is C17H16N4O2S. The molecule has 0 saturated carbocycles. The van der Waals surface area contributed by atoms with E-state index in [0.717, 1.165) is 11.1 Å². The first-order valence-corrected chi connectivity index (χ1v) is 8.27. The van der Waals surface area contributed by atoms with Crippen molar-refractivity contribution in [1.29, 1.82) is 0 Å². The van der Waals surface area contributed by atoms with Crippen molar-refractivity contribution in [2.24, 2.45) is 5.73 Å². The number of thiophene rings is 1. The lowest BCUT2D eigenvalue weighted by atomic mass is 10.1. The van der Waals surface area contributed by atoms with Gasteiger partial charge in [-0.25, -0.2) is 0 Å². The Morgan fingerprint density at radius 2 is 1.96 bits per heavy atom. The van der Waals surface area contributed by atoms with Crippen LogP contribution in [-0.2, 0) is 11.3 Å². The van der Waals surface area contributed by atoms with Crippen LogP contribution in [0.5, 0.6) is 0 Å². The van der Waals surface area contributed by atoms with Gasteiger partial charge in [-0.05, 0) is 17.0 Å². The summed E-state index contributed by atoms with van der Waals surface area (Å²) in [7, 11) is 0. The lowest BCUT2D eigenvalue weighted by Crippen LogP contribution is -2.15. The van der Waals surface area contributed by atoms with E-state index >= 15 is 0 Å². The van der Waals surface area contributed by atoms with Crippen LogP contribution < -0.4 is 11.1 Å². The van der Waals surface area contributed by atoms with Crippen molar-refractivity contribution in [3.8, 4) is 11.1 Å². The Bertz CT molecular complexity index is 854. The average molecular weight is 340 g/mol. The number of carbonyl (C=O) groups excluding carboxylic acids is 2. The Balaban J connectivity index is 1.72. The number of nitrogens with one attached hydrogen (secondary N) is 1. The van der Waals surface area contributed by atoms with E-state index in [1.54, 1.807) is 16.9 Å². The summed E-state index contributed by atoms with van der Waals surface area (Å²) in [5.41, 5.74) is 7.01. The summed E-state index contributed by atoms with van der Waals surface area (Å²) in [5, 5.41) is 8.89. The minimum absolute atomic E-state index is 0.205. The van der Waals surface area contributed by atoms with Gasteiger partial charge in [0.25, 0.3) is 5.91 Å². The molecule has 0 atom stereocenters. The first kappa shape index (κ1) is 15.9. The maximum absolute atomic E-state index is 12.5. The molecule has 2 aromatic heterocycles. The SMILES string of the molecule is NC(=O)CCn1ccc(NC(=O)c2sccc2-c2ccccc2)n1. The molecule has 7 heteroatoms. The molecule has 0 aliphatic carbocycles. The first-order chi connectivity index (χ1) is 11.6. The van der Waals surface area contributed by atoms with Crippen LogP contribution in [0.4, 0.5) is 5.82 Å². The quantitative estimate of drug-likeness (QED) is 0.723. The van der Waals surface area contributed by atoms with Crippen LogP contribution in [0.15, 0.2) is 54.0 Å². The number of rotatable bonds is 6. The van der Waals surface area contributed by atoms with Gasteiger partial charge in [0, 0.05) is 30.8 Å². The Morgan fingerprint density at radius 3 is 2.71 bits per heavy atom. The van der Waals surface area contributed by atoms with Gasteiger partial charge in [-0.15, -0.1) is 11.3 Å². The van der Waals surface area contributed by atoms with Crippen molar-refractivity contribution in [1.82, 2.24) is 9.78 Å². The van der Waals surface area contributed by atoms with Crippen LogP contribution >= 0.6 is 11.3 Å². The third kappa shape index (κ3) is 3.69. The number of nitrogens with zero attached hydrogens (tertiary/aromatic N) is 2. The van der Waals surface area contributed by atoms with Gasteiger partial charge < -0.3 is 11.1 Å². The molecule has 0 unspecified atom stereocenters. The number of primary amides is 1. The number of aryl methyl sites for hydroxylation is 1. The monoisotopic (exact) mass is 340 g/mol. The maximum atomic E-state index is 12.5. The molecule has 0 radical (unpaired) electrons. The van der Waals surface area contributed by atoms with E-state index in [2.05, 4.69) is 10.4 Å².